The average molecular weight is 805 g/mol. The van der Waals surface area contributed by atoms with E-state index >= 15 is 0 Å². The molecule has 6 rings (SSSR count). The maximum Gasteiger partial charge on any atom is 0.337 e. The molecule has 3 N–H and O–H groups in total. The molecule has 0 spiro atoms. The second-order valence-corrected chi connectivity index (χ2v) is 16.0. The van der Waals surface area contributed by atoms with Gasteiger partial charge in [-0.25, -0.2) is 31.1 Å². The van der Waals surface area contributed by atoms with E-state index < -0.39 is 31.1 Å². The maximum atomic E-state index is 12.6. The molecule has 50 heavy (non-hydrogen) atoms. The molecule has 0 aromatic heterocycles. The van der Waals surface area contributed by atoms with Gasteiger partial charge in [0.2, 0.25) is 10.0 Å². The van der Waals surface area contributed by atoms with Crippen LogP contribution in [0.3, 0.4) is 0 Å². The molecule has 0 fully saturated rings. The van der Waals surface area contributed by atoms with Gasteiger partial charge in [-0.05, 0) is 96.5 Å². The fourth-order valence-corrected chi connectivity index (χ4v) is 8.68. The van der Waals surface area contributed by atoms with Crippen LogP contribution >= 0.6 is 46.3 Å². The van der Waals surface area contributed by atoms with Crippen molar-refractivity contribution in [3.63, 3.8) is 0 Å². The number of aryl methyl sites for hydroxylation is 2. The van der Waals surface area contributed by atoms with Crippen LogP contribution in [-0.2, 0) is 41.4 Å². The van der Waals surface area contributed by atoms with Crippen LogP contribution in [0.1, 0.15) is 67.9 Å². The topological polar surface area (TPSA) is 159 Å². The van der Waals surface area contributed by atoms with Gasteiger partial charge >= 0.3 is 11.9 Å². The van der Waals surface area contributed by atoms with Gasteiger partial charge < -0.3 is 15.2 Å². The molecule has 0 amide bonds. The third-order valence-electron chi connectivity index (χ3n) is 7.86. The summed E-state index contributed by atoms with van der Waals surface area (Å²) in [5.74, 6) is -0.746. The first-order valence-electron chi connectivity index (χ1n) is 14.8. The van der Waals surface area contributed by atoms with Crippen LogP contribution in [0.4, 0.5) is 0 Å². The molecule has 4 aromatic rings. The highest BCUT2D eigenvalue weighted by atomic mass is 35.7. The number of fused-ring (bicyclic) bond motifs is 2. The Morgan fingerprint density at radius 3 is 1.66 bits per heavy atom. The Morgan fingerprint density at radius 1 is 0.720 bits per heavy atom. The minimum absolute atomic E-state index is 0. The minimum Gasteiger partial charge on any atom is -0.465 e. The summed E-state index contributed by atoms with van der Waals surface area (Å²) < 4.78 is 58.7. The van der Waals surface area contributed by atoms with Crippen LogP contribution in [0.5, 0.6) is 0 Å². The molecule has 16 heteroatoms. The maximum absolute atomic E-state index is 12.6. The Labute approximate surface area is 312 Å². The molecule has 0 bridgehead atoms. The van der Waals surface area contributed by atoms with E-state index in [1.54, 1.807) is 42.5 Å². The molecular weight excluding hydrogens is 770 g/mol. The molecule has 0 saturated heterocycles. The van der Waals surface area contributed by atoms with E-state index in [0.717, 1.165) is 36.0 Å². The van der Waals surface area contributed by atoms with Crippen molar-refractivity contribution in [1.29, 1.82) is 0 Å². The summed E-state index contributed by atoms with van der Waals surface area (Å²) in [6.07, 6.45) is 3.36. The number of esters is 2. The number of carbonyl (C=O) groups is 2. The summed E-state index contributed by atoms with van der Waals surface area (Å²) in [5.41, 5.74) is 11.1. The van der Waals surface area contributed by atoms with Crippen molar-refractivity contribution in [2.45, 2.75) is 47.6 Å². The summed E-state index contributed by atoms with van der Waals surface area (Å²) in [5, 5.41) is 0.314. The highest BCUT2D eigenvalue weighted by Gasteiger charge is 2.29. The second kappa shape index (κ2) is 17.8. The van der Waals surface area contributed by atoms with Crippen molar-refractivity contribution in [2.75, 3.05) is 14.2 Å². The van der Waals surface area contributed by atoms with E-state index in [9.17, 15) is 26.4 Å². The molecule has 2 atom stereocenters. The largest absolute Gasteiger partial charge is 0.465 e. The number of hydrogen-bond donors (Lipinski definition) is 2. The number of nitrogens with one attached hydrogen (secondary N) is 1. The predicted octanol–water partition coefficient (Wildman–Crippen LogP) is 7.20. The van der Waals surface area contributed by atoms with Crippen molar-refractivity contribution in [2.24, 2.45) is 5.73 Å². The number of carbonyl (C=O) groups excluding carboxylic acids is 2. The molecule has 2 aliphatic carbocycles. The van der Waals surface area contributed by atoms with Gasteiger partial charge in [0, 0.05) is 22.8 Å². The lowest BCUT2D eigenvalue weighted by molar-refractivity contribution is 0.0591. The zero-order valence-electron chi connectivity index (χ0n) is 26.8. The quantitative estimate of drug-likeness (QED) is 0.152. The summed E-state index contributed by atoms with van der Waals surface area (Å²) in [7, 11) is 0.302. The molecule has 10 nitrogen and oxygen atoms in total. The van der Waals surface area contributed by atoms with Crippen molar-refractivity contribution in [3.8, 4) is 0 Å². The fraction of sp³-hybridized carbons (Fsp3) is 0.235. The third kappa shape index (κ3) is 10.2. The molecular formula is C34H34Cl4N2O8S2. The normalized spacial score (nSPS) is 15.9. The number of rotatable bonds is 6. The lowest BCUT2D eigenvalue weighted by Crippen LogP contribution is -2.27. The summed E-state index contributed by atoms with van der Waals surface area (Å²) in [6.45, 7) is 0. The van der Waals surface area contributed by atoms with Crippen LogP contribution in [0, 0.1) is 0 Å². The van der Waals surface area contributed by atoms with Gasteiger partial charge in [0.05, 0.1) is 35.4 Å². The number of hydrogen-bond acceptors (Lipinski definition) is 9. The summed E-state index contributed by atoms with van der Waals surface area (Å²) in [4.78, 5) is 22.9. The first kappa shape index (κ1) is 41.2. The molecule has 0 saturated carbocycles. The van der Waals surface area contributed by atoms with E-state index in [2.05, 4.69) is 9.46 Å². The van der Waals surface area contributed by atoms with E-state index in [0.29, 0.717) is 17.5 Å². The Morgan fingerprint density at radius 2 is 1.18 bits per heavy atom. The van der Waals surface area contributed by atoms with Gasteiger partial charge in [-0.3, -0.25) is 0 Å². The Kier molecular flexibility index (Phi) is 14.7. The Hall–Kier alpha value is -3.20. The van der Waals surface area contributed by atoms with E-state index in [1.807, 2.05) is 18.2 Å². The highest BCUT2D eigenvalue weighted by Crippen LogP contribution is 2.34. The van der Waals surface area contributed by atoms with Crippen LogP contribution < -0.4 is 10.5 Å². The van der Waals surface area contributed by atoms with Crippen LogP contribution in [-0.4, -0.2) is 43.0 Å². The van der Waals surface area contributed by atoms with E-state index in [1.165, 1.54) is 44.0 Å². The van der Waals surface area contributed by atoms with Crippen molar-refractivity contribution in [3.05, 3.63) is 128 Å². The molecule has 2 aliphatic rings. The van der Waals surface area contributed by atoms with Crippen molar-refractivity contribution >= 4 is 77.3 Å². The second-order valence-electron chi connectivity index (χ2n) is 11.0. The van der Waals surface area contributed by atoms with Gasteiger partial charge in [0.25, 0.3) is 9.05 Å². The SMILES string of the molecule is COC(=O)c1ccc2c(c1)[C@H](N)CC2.COC(=O)c1ccc2c(c1)[C@H](NS(=O)(=O)c1ccccc1Cl)CC2.Cl.O=S(=O)(Cl)c1ccccc1Cl. The van der Waals surface area contributed by atoms with Crippen LogP contribution in [0.15, 0.2) is 94.7 Å². The lowest BCUT2D eigenvalue weighted by Gasteiger charge is -2.16. The zero-order chi connectivity index (χ0) is 35.9. The Balaban J connectivity index is 0.000000221. The number of methoxy groups -OCH3 is 2. The number of benzene rings is 4. The van der Waals surface area contributed by atoms with Gasteiger partial charge in [0.1, 0.15) is 9.79 Å². The Bertz CT molecular complexity index is 2080. The van der Waals surface area contributed by atoms with Gasteiger partial charge in [-0.1, -0.05) is 59.6 Å². The summed E-state index contributed by atoms with van der Waals surface area (Å²) in [6, 6.07) is 22.8. The molecule has 0 aliphatic heterocycles. The number of ether oxygens (including phenoxy) is 2. The standard InChI is InChI=1S/C17H16ClNO4S.C11H13NO2.C6H4Cl2O2S.ClH/c1-23-17(20)12-7-6-11-8-9-15(13(11)10-12)19-24(21,22)16-5-3-2-4-14(16)18;1-14-11(13)8-3-2-7-4-5-10(12)9(7)6-8;7-5-3-1-2-4-6(5)11(8,9)10;/h2-7,10,15,19H,8-9H2,1H3;2-3,6,10H,4-5,12H2,1H3;1-4H;1H/t15-;10-;;/m11../s1. The van der Waals surface area contributed by atoms with Gasteiger partial charge in [-0.2, -0.15) is 0 Å². The molecule has 0 unspecified atom stereocenters. The molecule has 0 heterocycles. The van der Waals surface area contributed by atoms with E-state index in [4.69, 9.17) is 44.4 Å². The number of halogens is 4. The van der Waals surface area contributed by atoms with Crippen LogP contribution in [0.25, 0.3) is 0 Å². The first-order chi connectivity index (χ1) is 23.2. The average Bonchev–Trinajstić information content (AvgIpc) is 3.66. The number of sulfonamides is 1. The number of nitrogens with two attached hydrogens (primary N) is 1. The molecule has 268 valence electrons. The predicted molar refractivity (Wildman–Crippen MR) is 195 cm³/mol. The molecule has 0 radical (unpaired) electrons. The third-order valence-corrected chi connectivity index (χ3v) is 11.7. The lowest BCUT2D eigenvalue weighted by atomic mass is 10.0. The summed E-state index contributed by atoms with van der Waals surface area (Å²) >= 11 is 11.5. The van der Waals surface area contributed by atoms with E-state index in [-0.39, 0.29) is 44.3 Å². The van der Waals surface area contributed by atoms with Gasteiger partial charge in [-0.15, -0.1) is 12.4 Å². The smallest absolute Gasteiger partial charge is 0.337 e. The van der Waals surface area contributed by atoms with Gasteiger partial charge in [0.15, 0.2) is 0 Å². The van der Waals surface area contributed by atoms with Crippen molar-refractivity contribution in [1.82, 2.24) is 4.72 Å². The molecule has 4 aromatic carbocycles. The van der Waals surface area contributed by atoms with Crippen molar-refractivity contribution < 1.29 is 35.9 Å². The fourth-order valence-electron chi connectivity index (χ4n) is 5.40. The zero-order valence-corrected chi connectivity index (χ0v) is 31.5. The van der Waals surface area contributed by atoms with Crippen LogP contribution in [0.2, 0.25) is 10.0 Å². The minimum atomic E-state index is -3.75. The first-order valence-corrected chi connectivity index (χ1v) is 19.3. The monoisotopic (exact) mass is 802 g/mol. The highest BCUT2D eigenvalue weighted by molar-refractivity contribution is 8.13.